The molecule has 0 bridgehead atoms. The summed E-state index contributed by atoms with van der Waals surface area (Å²) in [4.78, 5) is 60.8. The molecule has 0 aliphatic rings. The molecule has 23 heteroatoms. The quantitative estimate of drug-likeness (QED) is 0.0295. The van der Waals surface area contributed by atoms with Crippen LogP contribution in [0.4, 0.5) is 13.2 Å². The normalized spacial score (nSPS) is 11.0. The second-order valence-electron chi connectivity index (χ2n) is 12.7. The molecule has 0 aromatic carbocycles. The fourth-order valence-corrected chi connectivity index (χ4v) is 8.32. The van der Waals surface area contributed by atoms with Crippen molar-refractivity contribution in [3.05, 3.63) is 105 Å². The Bertz CT molecular complexity index is 2760. The number of hydrogen-bond acceptors (Lipinski definition) is 17. The molecule has 0 aliphatic heterocycles. The Balaban J connectivity index is 0.000000268. The number of isothiocyanates is 1. The van der Waals surface area contributed by atoms with Crippen molar-refractivity contribution in [2.75, 3.05) is 0 Å². The van der Waals surface area contributed by atoms with Crippen molar-refractivity contribution in [1.82, 2.24) is 29.9 Å². The number of fused-ring (bicyclic) bond motifs is 2. The number of thiophene rings is 1. The van der Waals surface area contributed by atoms with E-state index in [2.05, 4.69) is 61.2 Å². The van der Waals surface area contributed by atoms with Gasteiger partial charge in [0.2, 0.25) is 0 Å². The Morgan fingerprint density at radius 3 is 1.91 bits per heavy atom. The summed E-state index contributed by atoms with van der Waals surface area (Å²) in [5, 5.41) is 15.8. The topological polar surface area (TPSA) is 226 Å². The minimum Gasteiger partial charge on any atom is -0.753 e. The van der Waals surface area contributed by atoms with Gasteiger partial charge in [-0.15, -0.1) is 17.0 Å². The standard InChI is InChI=1S/C21H23F3N3S.C20H9N5O6S2.CNS.Ru/c1-2-3-4-5-6-16-9-10-17(28-16)8-7-15-11-12-27-19(13-15)18(25)14-20(26)21(22,23)24;26-7-29-10-5-13(15-17-11(1-3-21-15)24-19(32-17)30-8-27)23-14(6-10)16-18-12(2-4-22-16)25-20(33-18)31-9-28;2-1-3;/h7-14,25-26H,2-6H2,1H3;1-9H;;/q-1;;-1;+2/b8-7+,18-14-,26-20?;;;. The van der Waals surface area contributed by atoms with Crippen LogP contribution in [0, 0.1) is 5.41 Å². The van der Waals surface area contributed by atoms with Gasteiger partial charge in [-0.3, -0.25) is 34.7 Å². The summed E-state index contributed by atoms with van der Waals surface area (Å²) >= 11 is 7.68. The number of thiocarbonyl (C=S) groups is 1. The number of aryl methyl sites for hydroxylation is 1. The van der Waals surface area contributed by atoms with Crippen LogP contribution >= 0.6 is 46.2 Å². The zero-order chi connectivity index (χ0) is 46.1. The predicted octanol–water partition coefficient (Wildman–Crippen LogP) is 11.1. The Labute approximate surface area is 398 Å². The molecule has 15 nitrogen and oxygen atoms in total. The average molecular weight is 1050 g/mol. The van der Waals surface area contributed by atoms with Crippen LogP contribution in [0.25, 0.3) is 72.2 Å². The summed E-state index contributed by atoms with van der Waals surface area (Å²) in [6.45, 7) is 3.09. The van der Waals surface area contributed by atoms with E-state index in [0.29, 0.717) is 68.7 Å². The Morgan fingerprint density at radius 1 is 0.800 bits per heavy atom. The van der Waals surface area contributed by atoms with Crippen molar-refractivity contribution in [2.45, 2.75) is 45.2 Å². The maximum absolute atomic E-state index is 12.4. The number of ether oxygens (including phenoxy) is 3. The SMILES string of the molecule is CCCCCCc1ccc(/C=C/c2ccnc(/C([NH-])=C/C(=N)C(F)(F)F)c2)s1.O=COc1cc(-c2nccc3nc(OC=O)sc23)nc(-c2nccc3nc(OC=O)sc23)c1.[N-]=C=S.[Ru+2]. The second kappa shape index (κ2) is 25.2. The number of halogens is 3. The van der Waals surface area contributed by atoms with Gasteiger partial charge in [0.1, 0.15) is 22.8 Å². The zero-order valence-electron chi connectivity index (χ0n) is 33.6. The summed E-state index contributed by atoms with van der Waals surface area (Å²) in [6.07, 6.45) is 10.0. The number of thiazole rings is 2. The van der Waals surface area contributed by atoms with Crippen molar-refractivity contribution in [2.24, 2.45) is 0 Å². The number of nitrogens with zero attached hydrogens (tertiary/aromatic N) is 7. The van der Waals surface area contributed by atoms with Crippen LogP contribution in [0.5, 0.6) is 16.1 Å². The minimum atomic E-state index is -4.77. The number of carbonyl (C=O) groups is 3. The van der Waals surface area contributed by atoms with Gasteiger partial charge >= 0.3 is 25.7 Å². The van der Waals surface area contributed by atoms with Gasteiger partial charge in [-0.1, -0.05) is 67.2 Å². The summed E-state index contributed by atoms with van der Waals surface area (Å²) in [5.74, 6) is 0.213. The molecule has 334 valence electrons. The summed E-state index contributed by atoms with van der Waals surface area (Å²) < 4.78 is 53.4. The first-order chi connectivity index (χ1) is 30.9. The number of nitrogens with one attached hydrogen (secondary N) is 2. The largest absolute Gasteiger partial charge is 2.00 e. The van der Waals surface area contributed by atoms with E-state index >= 15 is 0 Å². The number of rotatable bonds is 17. The van der Waals surface area contributed by atoms with Gasteiger partial charge in [0, 0.05) is 46.2 Å². The molecule has 0 fully saturated rings. The van der Waals surface area contributed by atoms with Crippen LogP contribution in [0.3, 0.4) is 0 Å². The van der Waals surface area contributed by atoms with E-state index in [4.69, 9.17) is 30.8 Å². The molecule has 7 rings (SSSR count). The Morgan fingerprint density at radius 2 is 1.37 bits per heavy atom. The Kier molecular flexibility index (Phi) is 19.9. The van der Waals surface area contributed by atoms with E-state index in [1.54, 1.807) is 54.1 Å². The van der Waals surface area contributed by atoms with Crippen LogP contribution in [-0.2, 0) is 40.3 Å². The summed E-state index contributed by atoms with van der Waals surface area (Å²) in [6, 6.07) is 13.9. The van der Waals surface area contributed by atoms with Crippen LogP contribution in [0.2, 0.25) is 0 Å². The van der Waals surface area contributed by atoms with Gasteiger partial charge in [0.25, 0.3) is 29.8 Å². The molecule has 7 aromatic rings. The Hall–Kier alpha value is -6.35. The minimum absolute atomic E-state index is 0. The van der Waals surface area contributed by atoms with E-state index in [-0.39, 0.29) is 41.3 Å². The summed E-state index contributed by atoms with van der Waals surface area (Å²) in [5.41, 5.74) is 9.35. The molecular weight excluding hydrogens is 1010 g/mol. The first-order valence-corrected chi connectivity index (χ1v) is 21.4. The number of pyridine rings is 4. The number of allylic oxidation sites excluding steroid dienone is 1. The average Bonchev–Trinajstić information content (AvgIpc) is 4.03. The van der Waals surface area contributed by atoms with E-state index < -0.39 is 17.6 Å². The number of unbranched alkanes of at least 4 members (excludes halogenated alkanes) is 3. The molecule has 0 unspecified atom stereocenters. The zero-order valence-corrected chi connectivity index (χ0v) is 38.6. The summed E-state index contributed by atoms with van der Waals surface area (Å²) in [7, 11) is 0. The van der Waals surface area contributed by atoms with E-state index in [1.807, 2.05) is 12.2 Å². The molecule has 0 amide bonds. The molecular formula is C42H32F3N9O6RuS4. The van der Waals surface area contributed by atoms with Gasteiger partial charge in [-0.05, 0) is 67.0 Å². The molecule has 7 heterocycles. The van der Waals surface area contributed by atoms with E-state index in [9.17, 15) is 27.6 Å². The molecule has 2 N–H and O–H groups in total. The van der Waals surface area contributed by atoms with Gasteiger partial charge < -0.3 is 25.4 Å². The number of hydrogen-bond donors (Lipinski definition) is 1. The van der Waals surface area contributed by atoms with Crippen LogP contribution in [-0.4, -0.2) is 66.4 Å². The van der Waals surface area contributed by atoms with Gasteiger partial charge in [-0.2, -0.15) is 18.3 Å². The third kappa shape index (κ3) is 14.6. The van der Waals surface area contributed by atoms with Crippen molar-refractivity contribution < 1.29 is 61.2 Å². The van der Waals surface area contributed by atoms with E-state index in [1.165, 1.54) is 48.0 Å². The van der Waals surface area contributed by atoms with Crippen molar-refractivity contribution in [3.63, 3.8) is 0 Å². The third-order valence-corrected chi connectivity index (χ3v) is 11.4. The maximum Gasteiger partial charge on any atom is 2.00 e. The number of aromatic nitrogens is 6. The van der Waals surface area contributed by atoms with Crippen LogP contribution in [0.1, 0.15) is 53.6 Å². The smallest absolute Gasteiger partial charge is 0.753 e. The first kappa shape index (κ1) is 51.3. The van der Waals surface area contributed by atoms with Crippen molar-refractivity contribution >= 4 is 115 Å². The number of carbonyl (C=O) groups excluding carboxylic acids is 3. The van der Waals surface area contributed by atoms with Gasteiger partial charge in [-0.25, -0.2) is 15.0 Å². The third-order valence-electron chi connectivity index (χ3n) is 8.39. The fourth-order valence-electron chi connectivity index (χ4n) is 5.61. The van der Waals surface area contributed by atoms with Crippen LogP contribution in [0.15, 0.2) is 73.2 Å². The molecule has 7 aromatic heterocycles. The van der Waals surface area contributed by atoms with Gasteiger partial charge in [0.15, 0.2) is 0 Å². The second-order valence-corrected chi connectivity index (χ2v) is 16.0. The van der Waals surface area contributed by atoms with Crippen molar-refractivity contribution in [3.8, 4) is 38.9 Å². The van der Waals surface area contributed by atoms with E-state index in [0.717, 1.165) is 39.5 Å². The fraction of sp³-hybridized carbons (Fsp3) is 0.167. The number of alkyl halides is 3. The molecule has 0 aliphatic carbocycles. The first-order valence-electron chi connectivity index (χ1n) is 18.6. The molecule has 65 heavy (non-hydrogen) atoms. The molecule has 0 radical (unpaired) electrons. The monoisotopic (exact) mass is 1050 g/mol. The predicted molar refractivity (Wildman–Crippen MR) is 244 cm³/mol. The molecule has 0 spiro atoms. The van der Waals surface area contributed by atoms with Crippen LogP contribution < -0.4 is 14.2 Å². The molecule has 0 atom stereocenters. The maximum atomic E-state index is 12.4. The molecule has 0 saturated carbocycles. The van der Waals surface area contributed by atoms with Gasteiger partial charge in [0.05, 0.1) is 31.8 Å². The van der Waals surface area contributed by atoms with Crippen molar-refractivity contribution in [1.29, 1.82) is 5.41 Å². The molecule has 0 saturated heterocycles.